The highest BCUT2D eigenvalue weighted by atomic mass is 79.9. The monoisotopic (exact) mass is 542 g/mol. The highest BCUT2D eigenvalue weighted by molar-refractivity contribution is 9.10. The van der Waals surface area contributed by atoms with Crippen molar-refractivity contribution in [3.8, 4) is 11.4 Å². The number of halogens is 1. The summed E-state index contributed by atoms with van der Waals surface area (Å²) in [6.07, 6.45) is 4.27. The number of carbonyl (C=O) groups excluding carboxylic acids is 3. The van der Waals surface area contributed by atoms with Gasteiger partial charge in [0.1, 0.15) is 12.3 Å². The Hall–Kier alpha value is -2.91. The van der Waals surface area contributed by atoms with E-state index < -0.39 is 18.0 Å². The highest BCUT2D eigenvalue weighted by Crippen LogP contribution is 2.29. The zero-order chi connectivity index (χ0) is 24.9. The first-order valence-corrected chi connectivity index (χ1v) is 12.4. The average Bonchev–Trinajstić information content (AvgIpc) is 3.31. The van der Waals surface area contributed by atoms with Gasteiger partial charge in [-0.1, -0.05) is 45.0 Å². The summed E-state index contributed by atoms with van der Waals surface area (Å²) in [5.41, 5.74) is 1.62. The van der Waals surface area contributed by atoms with Gasteiger partial charge in [-0.3, -0.25) is 9.59 Å². The lowest BCUT2D eigenvalue weighted by Gasteiger charge is -2.20. The van der Waals surface area contributed by atoms with E-state index in [1.165, 1.54) is 11.3 Å². The van der Waals surface area contributed by atoms with Gasteiger partial charge < -0.3 is 15.4 Å². The third-order valence-corrected chi connectivity index (χ3v) is 6.96. The molecule has 0 aliphatic rings. The van der Waals surface area contributed by atoms with Crippen molar-refractivity contribution in [1.82, 2.24) is 20.6 Å². The van der Waals surface area contributed by atoms with E-state index >= 15 is 0 Å². The molecule has 0 saturated heterocycles. The van der Waals surface area contributed by atoms with Gasteiger partial charge in [0.05, 0.1) is 15.4 Å². The van der Waals surface area contributed by atoms with Gasteiger partial charge in [0, 0.05) is 29.3 Å². The molecule has 2 amide bonds. The van der Waals surface area contributed by atoms with E-state index in [9.17, 15) is 14.4 Å². The second kappa shape index (κ2) is 11.0. The number of carbonyl (C=O) groups is 3. The van der Waals surface area contributed by atoms with Crippen LogP contribution >= 0.6 is 27.3 Å². The molecule has 3 aromatic rings. The van der Waals surface area contributed by atoms with Gasteiger partial charge in [0.2, 0.25) is 5.91 Å². The lowest BCUT2D eigenvalue weighted by molar-refractivity contribution is -0.125. The molecule has 0 saturated carbocycles. The smallest absolute Gasteiger partial charge is 0.262 e. The van der Waals surface area contributed by atoms with E-state index in [0.717, 1.165) is 20.5 Å². The van der Waals surface area contributed by atoms with Crippen LogP contribution in [-0.4, -0.2) is 40.2 Å². The molecule has 0 fully saturated rings. The molecule has 7 nitrogen and oxygen atoms in total. The molecule has 0 radical (unpaired) electrons. The van der Waals surface area contributed by atoms with Crippen LogP contribution < -0.4 is 10.6 Å². The van der Waals surface area contributed by atoms with Crippen molar-refractivity contribution in [2.75, 3.05) is 0 Å². The maximum absolute atomic E-state index is 12.9. The number of rotatable bonds is 8. The molecule has 1 aromatic carbocycles. The molecule has 2 N–H and O–H groups in total. The molecule has 0 aliphatic heterocycles. The van der Waals surface area contributed by atoms with Crippen molar-refractivity contribution in [1.29, 1.82) is 0 Å². The topological polar surface area (TPSA) is 101 Å². The van der Waals surface area contributed by atoms with Gasteiger partial charge in [-0.2, -0.15) is 0 Å². The lowest BCUT2D eigenvalue weighted by Crippen LogP contribution is -2.50. The molecule has 178 valence electrons. The number of amides is 2. The van der Waals surface area contributed by atoms with Crippen LogP contribution in [0.1, 0.15) is 47.8 Å². The largest absolute Gasteiger partial charge is 0.345 e. The number of thiophene rings is 1. The Kier molecular flexibility index (Phi) is 8.33. The minimum absolute atomic E-state index is 0.0698. The fourth-order valence-corrected chi connectivity index (χ4v) is 4.32. The second-order valence-electron chi connectivity index (χ2n) is 9.00. The summed E-state index contributed by atoms with van der Waals surface area (Å²) in [5.74, 6) is -0.148. The minimum Gasteiger partial charge on any atom is -0.345 e. The minimum atomic E-state index is -0.843. The molecule has 9 heteroatoms. The Morgan fingerprint density at radius 2 is 1.71 bits per heavy atom. The first-order valence-electron chi connectivity index (χ1n) is 10.8. The van der Waals surface area contributed by atoms with Crippen LogP contribution in [0.5, 0.6) is 0 Å². The fraction of sp³-hybridized carbons (Fsp3) is 0.320. The molecule has 0 aliphatic carbocycles. The Labute approximate surface area is 211 Å². The van der Waals surface area contributed by atoms with E-state index in [2.05, 4.69) is 57.3 Å². The van der Waals surface area contributed by atoms with Crippen LogP contribution in [-0.2, 0) is 21.4 Å². The lowest BCUT2D eigenvalue weighted by atomic mass is 9.95. The van der Waals surface area contributed by atoms with Crippen molar-refractivity contribution in [3.63, 3.8) is 0 Å². The maximum atomic E-state index is 12.9. The summed E-state index contributed by atoms with van der Waals surface area (Å²) in [7, 11) is 0. The van der Waals surface area contributed by atoms with Gasteiger partial charge in [-0.25, -0.2) is 9.97 Å². The molecule has 0 spiro atoms. The quantitative estimate of drug-likeness (QED) is 0.413. The van der Waals surface area contributed by atoms with E-state index in [1.54, 1.807) is 25.4 Å². The van der Waals surface area contributed by atoms with E-state index in [0.29, 0.717) is 17.0 Å². The highest BCUT2D eigenvalue weighted by Gasteiger charge is 2.25. The number of hydrogen-bond donors (Lipinski definition) is 2. The number of nitrogens with zero attached hydrogens (tertiary/aromatic N) is 2. The number of nitrogens with one attached hydrogen (secondary N) is 2. The molecule has 1 unspecified atom stereocenters. The van der Waals surface area contributed by atoms with Crippen LogP contribution in [0.2, 0.25) is 0 Å². The van der Waals surface area contributed by atoms with Gasteiger partial charge in [-0.15, -0.1) is 11.3 Å². The zero-order valence-electron chi connectivity index (χ0n) is 19.5. The van der Waals surface area contributed by atoms with Crippen LogP contribution in [0.4, 0.5) is 0 Å². The van der Waals surface area contributed by atoms with Gasteiger partial charge in [0.15, 0.2) is 5.82 Å². The van der Waals surface area contributed by atoms with Crippen molar-refractivity contribution < 1.29 is 14.4 Å². The first-order chi connectivity index (χ1) is 16.1. The van der Waals surface area contributed by atoms with E-state index in [-0.39, 0.29) is 17.7 Å². The second-order valence-corrected chi connectivity index (χ2v) is 11.0. The van der Waals surface area contributed by atoms with Crippen molar-refractivity contribution in [2.45, 2.75) is 51.6 Å². The predicted molar refractivity (Wildman–Crippen MR) is 137 cm³/mol. The summed E-state index contributed by atoms with van der Waals surface area (Å²) in [5, 5.41) is 5.48. The summed E-state index contributed by atoms with van der Waals surface area (Å²) in [6.45, 7) is 7.84. The molecule has 3 rings (SSSR count). The molecular formula is C25H27BrN4O3S. The van der Waals surface area contributed by atoms with Crippen molar-refractivity contribution in [2.24, 2.45) is 0 Å². The average molecular weight is 543 g/mol. The van der Waals surface area contributed by atoms with Gasteiger partial charge in [0.25, 0.3) is 5.91 Å². The molecule has 0 bridgehead atoms. The normalized spacial score (nSPS) is 13.1. The predicted octanol–water partition coefficient (Wildman–Crippen LogP) is 4.31. The third kappa shape index (κ3) is 6.80. The summed E-state index contributed by atoms with van der Waals surface area (Å²) < 4.78 is 0.794. The number of aldehydes is 1. The van der Waals surface area contributed by atoms with Gasteiger partial charge in [-0.05, 0) is 46.0 Å². The Morgan fingerprint density at radius 1 is 1.06 bits per heavy atom. The van der Waals surface area contributed by atoms with Crippen LogP contribution in [0.15, 0.2) is 53.3 Å². The molecule has 34 heavy (non-hydrogen) atoms. The Morgan fingerprint density at radius 3 is 2.26 bits per heavy atom. The van der Waals surface area contributed by atoms with Crippen molar-refractivity contribution >= 4 is 45.4 Å². The van der Waals surface area contributed by atoms with Crippen molar-refractivity contribution in [3.05, 3.63) is 68.6 Å². The first kappa shape index (κ1) is 25.7. The Balaban J connectivity index is 1.78. The number of benzene rings is 1. The summed E-state index contributed by atoms with van der Waals surface area (Å²) in [6, 6.07) is 9.71. The summed E-state index contributed by atoms with van der Waals surface area (Å²) in [4.78, 5) is 47.0. The number of hydrogen-bond acceptors (Lipinski definition) is 6. The SMILES string of the molecule is C[C@H](C=O)NC(=O)C(Cc1ccc(-c2ncc(Br)cn2)cc1)NC(=O)c1ccc(C(C)(C)C)s1. The van der Waals surface area contributed by atoms with Gasteiger partial charge >= 0.3 is 0 Å². The number of aromatic nitrogens is 2. The van der Waals surface area contributed by atoms with Crippen LogP contribution in [0.3, 0.4) is 0 Å². The van der Waals surface area contributed by atoms with Crippen LogP contribution in [0, 0.1) is 0 Å². The fourth-order valence-electron chi connectivity index (χ4n) is 3.15. The van der Waals surface area contributed by atoms with Crippen LogP contribution in [0.25, 0.3) is 11.4 Å². The van der Waals surface area contributed by atoms with E-state index in [1.807, 2.05) is 30.3 Å². The molecule has 2 aromatic heterocycles. The Bertz CT molecular complexity index is 1150. The summed E-state index contributed by atoms with van der Waals surface area (Å²) >= 11 is 4.73. The third-order valence-electron chi connectivity index (χ3n) is 5.04. The molecule has 2 atom stereocenters. The molecule has 2 heterocycles. The van der Waals surface area contributed by atoms with E-state index in [4.69, 9.17) is 0 Å². The molecular weight excluding hydrogens is 516 g/mol. The maximum Gasteiger partial charge on any atom is 0.262 e. The zero-order valence-corrected chi connectivity index (χ0v) is 21.9. The standard InChI is InChI=1S/C25H27BrN4O3S/c1-15(14-31)29-23(32)19(30-24(33)20-9-10-21(34-20)25(2,3)4)11-16-5-7-17(8-6-16)22-27-12-18(26)13-28-22/h5-10,12-15,19H,11H2,1-4H3,(H,29,32)(H,30,33)/t15-,19?/m1/s1.